The van der Waals surface area contributed by atoms with Crippen LogP contribution in [0.25, 0.3) is 11.5 Å². The molecule has 1 unspecified atom stereocenters. The molecule has 0 radical (unpaired) electrons. The molecule has 1 aromatic heterocycles. The molecule has 128 valence electrons. The van der Waals surface area contributed by atoms with Gasteiger partial charge in [-0.1, -0.05) is 5.16 Å². The number of hydrogen-bond acceptors (Lipinski definition) is 6. The van der Waals surface area contributed by atoms with Gasteiger partial charge in [-0.2, -0.15) is 4.98 Å². The SMILES string of the molecule is CC1Cc2cc(-c3nc(C4(N)CCC4)no3)ccc2N1S(C)(=O)=O. The smallest absolute Gasteiger partial charge is 0.258 e. The first-order valence-corrected chi connectivity index (χ1v) is 9.88. The van der Waals surface area contributed by atoms with E-state index in [2.05, 4.69) is 10.1 Å². The van der Waals surface area contributed by atoms with Crippen LogP contribution in [0.5, 0.6) is 0 Å². The van der Waals surface area contributed by atoms with Crippen LogP contribution in [0.4, 0.5) is 5.69 Å². The predicted molar refractivity (Wildman–Crippen MR) is 89.9 cm³/mol. The first kappa shape index (κ1) is 15.6. The Balaban J connectivity index is 1.69. The number of nitrogens with two attached hydrogens (primary N) is 1. The molecule has 2 N–H and O–H groups in total. The maximum Gasteiger partial charge on any atom is 0.258 e. The fourth-order valence-electron chi connectivity index (χ4n) is 3.57. The molecule has 2 aliphatic rings. The van der Waals surface area contributed by atoms with Crippen molar-refractivity contribution < 1.29 is 12.9 Å². The number of benzene rings is 1. The van der Waals surface area contributed by atoms with Crippen LogP contribution in [-0.2, 0) is 22.0 Å². The molecule has 0 spiro atoms. The summed E-state index contributed by atoms with van der Waals surface area (Å²) in [5.41, 5.74) is 8.26. The normalized spacial score (nSPS) is 22.3. The molecule has 1 fully saturated rings. The molecule has 1 aliphatic carbocycles. The summed E-state index contributed by atoms with van der Waals surface area (Å²) in [6.07, 6.45) is 4.72. The van der Waals surface area contributed by atoms with Gasteiger partial charge in [-0.15, -0.1) is 0 Å². The standard InChI is InChI=1S/C16H20N4O3S/c1-10-8-12-9-11(4-5-13(12)20(10)24(2,21)22)14-18-15(19-23-14)16(17)6-3-7-16/h4-5,9-10H,3,6-8,17H2,1-2H3. The van der Waals surface area contributed by atoms with E-state index in [1.165, 1.54) is 10.6 Å². The van der Waals surface area contributed by atoms with Crippen molar-refractivity contribution >= 4 is 15.7 Å². The zero-order valence-corrected chi connectivity index (χ0v) is 14.5. The lowest BCUT2D eigenvalue weighted by Crippen LogP contribution is -2.44. The van der Waals surface area contributed by atoms with Gasteiger partial charge < -0.3 is 10.3 Å². The molecular weight excluding hydrogens is 328 g/mol. The molecule has 0 bridgehead atoms. The first-order chi connectivity index (χ1) is 11.3. The monoisotopic (exact) mass is 348 g/mol. The molecule has 24 heavy (non-hydrogen) atoms. The quantitative estimate of drug-likeness (QED) is 0.907. The van der Waals surface area contributed by atoms with E-state index in [1.807, 2.05) is 19.1 Å². The maximum absolute atomic E-state index is 12.0. The second kappa shape index (κ2) is 5.03. The van der Waals surface area contributed by atoms with Crippen LogP contribution in [0, 0.1) is 0 Å². The Morgan fingerprint density at radius 1 is 1.38 bits per heavy atom. The molecule has 7 nitrogen and oxygen atoms in total. The van der Waals surface area contributed by atoms with E-state index < -0.39 is 15.6 Å². The van der Waals surface area contributed by atoms with Crippen LogP contribution in [0.3, 0.4) is 0 Å². The van der Waals surface area contributed by atoms with Crippen molar-refractivity contribution in [3.05, 3.63) is 29.6 Å². The van der Waals surface area contributed by atoms with Gasteiger partial charge in [0.05, 0.1) is 17.5 Å². The van der Waals surface area contributed by atoms with E-state index in [9.17, 15) is 8.42 Å². The van der Waals surface area contributed by atoms with Gasteiger partial charge in [0.25, 0.3) is 5.89 Å². The van der Waals surface area contributed by atoms with Crippen molar-refractivity contribution in [2.75, 3.05) is 10.6 Å². The highest BCUT2D eigenvalue weighted by atomic mass is 32.2. The first-order valence-electron chi connectivity index (χ1n) is 8.04. The van der Waals surface area contributed by atoms with E-state index in [0.717, 1.165) is 36.1 Å². The lowest BCUT2D eigenvalue weighted by Gasteiger charge is -2.34. The Morgan fingerprint density at radius 3 is 2.75 bits per heavy atom. The Labute approximate surface area is 140 Å². The second-order valence-corrected chi connectivity index (χ2v) is 8.75. The number of sulfonamides is 1. The van der Waals surface area contributed by atoms with E-state index in [4.69, 9.17) is 10.3 Å². The summed E-state index contributed by atoms with van der Waals surface area (Å²) in [6, 6.07) is 5.46. The maximum atomic E-state index is 12.0. The van der Waals surface area contributed by atoms with E-state index in [-0.39, 0.29) is 6.04 Å². The molecule has 8 heteroatoms. The van der Waals surface area contributed by atoms with E-state index in [0.29, 0.717) is 18.1 Å². The van der Waals surface area contributed by atoms with Gasteiger partial charge in [-0.3, -0.25) is 4.31 Å². The van der Waals surface area contributed by atoms with Crippen LogP contribution in [0.1, 0.15) is 37.6 Å². The molecule has 1 aliphatic heterocycles. The Hall–Kier alpha value is -1.93. The molecule has 0 saturated heterocycles. The van der Waals surface area contributed by atoms with E-state index in [1.54, 1.807) is 6.07 Å². The van der Waals surface area contributed by atoms with Crippen molar-refractivity contribution in [2.45, 2.75) is 44.2 Å². The van der Waals surface area contributed by atoms with Crippen LogP contribution in [0.2, 0.25) is 0 Å². The Kier molecular flexibility index (Phi) is 3.27. The van der Waals surface area contributed by atoms with Gasteiger partial charge in [0.2, 0.25) is 10.0 Å². The molecular formula is C16H20N4O3S. The highest BCUT2D eigenvalue weighted by Gasteiger charge is 2.39. The second-order valence-electron chi connectivity index (χ2n) is 6.89. The van der Waals surface area contributed by atoms with Crippen LogP contribution in [0.15, 0.2) is 22.7 Å². The number of nitrogens with zero attached hydrogens (tertiary/aromatic N) is 3. The van der Waals surface area contributed by atoms with Crippen molar-refractivity contribution in [2.24, 2.45) is 5.73 Å². The summed E-state index contributed by atoms with van der Waals surface area (Å²) >= 11 is 0. The summed E-state index contributed by atoms with van der Waals surface area (Å²) in [5, 5.41) is 4.03. The van der Waals surface area contributed by atoms with Crippen LogP contribution >= 0.6 is 0 Å². The minimum atomic E-state index is -3.29. The summed E-state index contributed by atoms with van der Waals surface area (Å²) in [5.74, 6) is 0.977. The number of rotatable bonds is 3. The van der Waals surface area contributed by atoms with Gasteiger partial charge in [-0.25, -0.2) is 8.42 Å². The molecule has 1 saturated carbocycles. The Morgan fingerprint density at radius 2 is 2.12 bits per heavy atom. The zero-order chi connectivity index (χ0) is 17.1. The number of fused-ring (bicyclic) bond motifs is 1. The summed E-state index contributed by atoms with van der Waals surface area (Å²) in [4.78, 5) is 4.45. The zero-order valence-electron chi connectivity index (χ0n) is 13.7. The van der Waals surface area contributed by atoms with Gasteiger partial charge in [0, 0.05) is 11.6 Å². The largest absolute Gasteiger partial charge is 0.334 e. The average Bonchev–Trinajstić information content (AvgIpc) is 3.06. The van der Waals surface area contributed by atoms with Crippen LogP contribution in [-0.4, -0.2) is 30.9 Å². The highest BCUT2D eigenvalue weighted by Crippen LogP contribution is 2.39. The minimum absolute atomic E-state index is 0.0919. The lowest BCUT2D eigenvalue weighted by atomic mass is 9.77. The third kappa shape index (κ3) is 2.32. The molecule has 0 amide bonds. The summed E-state index contributed by atoms with van der Waals surface area (Å²) < 4.78 is 30.8. The number of anilines is 1. The topological polar surface area (TPSA) is 102 Å². The summed E-state index contributed by atoms with van der Waals surface area (Å²) in [6.45, 7) is 1.90. The van der Waals surface area contributed by atoms with Gasteiger partial charge in [0.15, 0.2) is 5.82 Å². The van der Waals surface area contributed by atoms with Crippen molar-refractivity contribution in [1.29, 1.82) is 0 Å². The fraction of sp³-hybridized carbons (Fsp3) is 0.500. The van der Waals surface area contributed by atoms with Crippen molar-refractivity contribution in [3.8, 4) is 11.5 Å². The van der Waals surface area contributed by atoms with Crippen molar-refractivity contribution in [3.63, 3.8) is 0 Å². The van der Waals surface area contributed by atoms with Gasteiger partial charge >= 0.3 is 0 Å². The van der Waals surface area contributed by atoms with Gasteiger partial charge in [-0.05, 0) is 56.4 Å². The Bertz CT molecular complexity index is 902. The van der Waals surface area contributed by atoms with Crippen LogP contribution < -0.4 is 10.0 Å². The average molecular weight is 348 g/mol. The minimum Gasteiger partial charge on any atom is -0.334 e. The molecule has 1 atom stereocenters. The highest BCUT2D eigenvalue weighted by molar-refractivity contribution is 7.92. The lowest BCUT2D eigenvalue weighted by molar-refractivity contribution is 0.229. The number of aromatic nitrogens is 2. The third-order valence-electron chi connectivity index (χ3n) is 4.95. The molecule has 2 heterocycles. The molecule has 2 aromatic rings. The van der Waals surface area contributed by atoms with E-state index >= 15 is 0 Å². The molecule has 1 aromatic carbocycles. The summed E-state index contributed by atoms with van der Waals surface area (Å²) in [7, 11) is -3.29. The third-order valence-corrected chi connectivity index (χ3v) is 6.23. The predicted octanol–water partition coefficient (Wildman–Crippen LogP) is 1.79. The fourth-order valence-corrected chi connectivity index (χ4v) is 4.83. The van der Waals surface area contributed by atoms with Crippen molar-refractivity contribution in [1.82, 2.24) is 10.1 Å². The molecule has 4 rings (SSSR count). The number of hydrogen-bond donors (Lipinski definition) is 1. The van der Waals surface area contributed by atoms with Gasteiger partial charge in [0.1, 0.15) is 0 Å².